The van der Waals surface area contributed by atoms with Gasteiger partial charge in [0, 0.05) is 6.54 Å². The van der Waals surface area contributed by atoms with Gasteiger partial charge in [-0.3, -0.25) is 0 Å². The molecule has 1 aromatic rings. The van der Waals surface area contributed by atoms with Crippen molar-refractivity contribution >= 4 is 33.0 Å². The largest absolute Gasteiger partial charge is 0.389 e. The summed E-state index contributed by atoms with van der Waals surface area (Å²) in [6.45, 7) is 1.64. The van der Waals surface area contributed by atoms with E-state index in [1.165, 1.54) is 0 Å². The van der Waals surface area contributed by atoms with Crippen molar-refractivity contribution in [2.24, 2.45) is 0 Å². The Hall–Kier alpha value is -0.210. The van der Waals surface area contributed by atoms with E-state index >= 15 is 0 Å². The van der Waals surface area contributed by atoms with Crippen molar-refractivity contribution < 1.29 is 13.5 Å². The SMILES string of the molecule is Cc1nc(Cl)sc1S(=O)(=O)NCC1(O)CCC1. The van der Waals surface area contributed by atoms with E-state index in [1.807, 2.05) is 0 Å². The number of halogens is 1. The van der Waals surface area contributed by atoms with Crippen LogP contribution in [0.4, 0.5) is 0 Å². The number of aryl methyl sites for hydroxylation is 1. The summed E-state index contributed by atoms with van der Waals surface area (Å²) >= 11 is 6.59. The fraction of sp³-hybridized carbons (Fsp3) is 0.667. The summed E-state index contributed by atoms with van der Waals surface area (Å²) in [4.78, 5) is 3.86. The summed E-state index contributed by atoms with van der Waals surface area (Å²) in [6.07, 6.45) is 2.21. The second kappa shape index (κ2) is 4.47. The van der Waals surface area contributed by atoms with Crippen molar-refractivity contribution in [1.29, 1.82) is 0 Å². The van der Waals surface area contributed by atoms with Crippen LogP contribution in [0, 0.1) is 6.92 Å². The molecule has 0 bridgehead atoms. The van der Waals surface area contributed by atoms with Crippen LogP contribution in [-0.4, -0.2) is 30.7 Å². The van der Waals surface area contributed by atoms with Crippen molar-refractivity contribution in [2.75, 3.05) is 6.54 Å². The Morgan fingerprint density at radius 1 is 1.59 bits per heavy atom. The van der Waals surface area contributed by atoms with Gasteiger partial charge in [-0.1, -0.05) is 22.9 Å². The average molecular weight is 297 g/mol. The maximum atomic E-state index is 11.9. The first-order valence-electron chi connectivity index (χ1n) is 5.17. The van der Waals surface area contributed by atoms with Gasteiger partial charge in [0.2, 0.25) is 0 Å². The first-order chi connectivity index (χ1) is 7.82. The summed E-state index contributed by atoms with van der Waals surface area (Å²) in [5.74, 6) is 0. The van der Waals surface area contributed by atoms with E-state index in [-0.39, 0.29) is 15.2 Å². The maximum absolute atomic E-state index is 11.9. The zero-order chi connectivity index (χ0) is 12.7. The van der Waals surface area contributed by atoms with Gasteiger partial charge < -0.3 is 5.11 Å². The second-order valence-electron chi connectivity index (χ2n) is 4.24. The Bertz CT molecular complexity index is 522. The fourth-order valence-electron chi connectivity index (χ4n) is 1.66. The lowest BCUT2D eigenvalue weighted by Crippen LogP contribution is -2.47. The molecule has 1 saturated carbocycles. The van der Waals surface area contributed by atoms with Crippen LogP contribution in [0.5, 0.6) is 0 Å². The number of aromatic nitrogens is 1. The van der Waals surface area contributed by atoms with Gasteiger partial charge >= 0.3 is 0 Å². The van der Waals surface area contributed by atoms with E-state index in [1.54, 1.807) is 6.92 Å². The molecule has 0 atom stereocenters. The highest BCUT2D eigenvalue weighted by Gasteiger charge is 2.36. The molecule has 17 heavy (non-hydrogen) atoms. The van der Waals surface area contributed by atoms with Crippen LogP contribution in [0.3, 0.4) is 0 Å². The summed E-state index contributed by atoms with van der Waals surface area (Å²) in [5.41, 5.74) is -0.497. The molecule has 1 aliphatic rings. The minimum absolute atomic E-state index is 0.0459. The minimum Gasteiger partial charge on any atom is -0.389 e. The Kier molecular flexibility index (Phi) is 3.48. The van der Waals surface area contributed by atoms with Gasteiger partial charge in [0.1, 0.15) is 0 Å². The van der Waals surface area contributed by atoms with Crippen LogP contribution in [0.15, 0.2) is 4.21 Å². The van der Waals surface area contributed by atoms with Gasteiger partial charge in [-0.25, -0.2) is 18.1 Å². The van der Waals surface area contributed by atoms with E-state index in [0.717, 1.165) is 17.8 Å². The summed E-state index contributed by atoms with van der Waals surface area (Å²) < 4.78 is 26.6. The third kappa shape index (κ3) is 2.79. The molecule has 1 aromatic heterocycles. The van der Waals surface area contributed by atoms with Gasteiger partial charge in [0.25, 0.3) is 10.0 Å². The molecular weight excluding hydrogens is 284 g/mol. The number of hydrogen-bond donors (Lipinski definition) is 2. The van der Waals surface area contributed by atoms with Crippen LogP contribution in [-0.2, 0) is 10.0 Å². The Labute approximate surface area is 109 Å². The molecule has 0 radical (unpaired) electrons. The van der Waals surface area contributed by atoms with Crippen molar-refractivity contribution in [3.8, 4) is 0 Å². The van der Waals surface area contributed by atoms with Gasteiger partial charge in [0.15, 0.2) is 8.68 Å². The number of rotatable bonds is 4. The smallest absolute Gasteiger partial charge is 0.252 e. The predicted molar refractivity (Wildman–Crippen MR) is 65.9 cm³/mol. The van der Waals surface area contributed by atoms with Crippen molar-refractivity contribution in [2.45, 2.75) is 36.0 Å². The Balaban J connectivity index is 2.11. The van der Waals surface area contributed by atoms with E-state index in [4.69, 9.17) is 11.6 Å². The second-order valence-corrected chi connectivity index (χ2v) is 7.79. The molecule has 0 amide bonds. The quantitative estimate of drug-likeness (QED) is 0.878. The van der Waals surface area contributed by atoms with Gasteiger partial charge in [-0.15, -0.1) is 0 Å². The summed E-state index contributed by atoms with van der Waals surface area (Å²) in [7, 11) is -3.62. The number of thiazole rings is 1. The highest BCUT2D eigenvalue weighted by molar-refractivity contribution is 7.91. The summed E-state index contributed by atoms with van der Waals surface area (Å²) in [6, 6.07) is 0. The van der Waals surface area contributed by atoms with E-state index < -0.39 is 15.6 Å². The monoisotopic (exact) mass is 296 g/mol. The molecule has 96 valence electrons. The first kappa shape index (κ1) is 13.2. The Morgan fingerprint density at radius 2 is 2.24 bits per heavy atom. The van der Waals surface area contributed by atoms with Crippen LogP contribution in [0.2, 0.25) is 4.47 Å². The molecule has 2 rings (SSSR count). The van der Waals surface area contributed by atoms with E-state index in [0.29, 0.717) is 18.5 Å². The molecule has 0 unspecified atom stereocenters. The van der Waals surface area contributed by atoms with E-state index in [2.05, 4.69) is 9.71 Å². The lowest BCUT2D eigenvalue weighted by Gasteiger charge is -2.36. The molecule has 0 aromatic carbocycles. The van der Waals surface area contributed by atoms with Crippen LogP contribution in [0.1, 0.15) is 25.0 Å². The molecule has 8 heteroatoms. The minimum atomic E-state index is -3.62. The number of nitrogens with zero attached hydrogens (tertiary/aromatic N) is 1. The number of hydrogen-bond acceptors (Lipinski definition) is 5. The predicted octanol–water partition coefficient (Wildman–Crippen LogP) is 1.30. The molecule has 1 aliphatic carbocycles. The molecule has 2 N–H and O–H groups in total. The van der Waals surface area contributed by atoms with Crippen LogP contribution in [0.25, 0.3) is 0 Å². The third-order valence-corrected chi connectivity index (χ3v) is 6.12. The third-order valence-electron chi connectivity index (χ3n) is 2.85. The molecule has 1 heterocycles. The highest BCUT2D eigenvalue weighted by atomic mass is 35.5. The Morgan fingerprint density at radius 3 is 2.65 bits per heavy atom. The fourth-order valence-corrected chi connectivity index (χ4v) is 4.56. The highest BCUT2D eigenvalue weighted by Crippen LogP contribution is 2.32. The summed E-state index contributed by atoms with van der Waals surface area (Å²) in [5, 5.41) is 9.83. The van der Waals surface area contributed by atoms with Gasteiger partial charge in [-0.05, 0) is 26.2 Å². The van der Waals surface area contributed by atoms with Gasteiger partial charge in [-0.2, -0.15) is 0 Å². The molecule has 0 spiro atoms. The number of aliphatic hydroxyl groups is 1. The number of nitrogens with one attached hydrogen (secondary N) is 1. The standard InChI is InChI=1S/C9H13ClN2O3S2/c1-6-7(16-8(10)12-6)17(14,15)11-5-9(13)3-2-4-9/h11,13H,2-5H2,1H3. The molecule has 0 aliphatic heterocycles. The lowest BCUT2D eigenvalue weighted by atomic mass is 9.81. The molecular formula is C9H13ClN2O3S2. The average Bonchev–Trinajstić information content (AvgIpc) is 2.53. The number of sulfonamides is 1. The molecule has 1 fully saturated rings. The molecule has 5 nitrogen and oxygen atoms in total. The van der Waals surface area contributed by atoms with Crippen molar-refractivity contribution in [3.05, 3.63) is 10.2 Å². The zero-order valence-electron chi connectivity index (χ0n) is 9.23. The normalized spacial score (nSPS) is 19.0. The van der Waals surface area contributed by atoms with Crippen molar-refractivity contribution in [3.63, 3.8) is 0 Å². The van der Waals surface area contributed by atoms with Gasteiger partial charge in [0.05, 0.1) is 11.3 Å². The molecule has 0 saturated heterocycles. The van der Waals surface area contributed by atoms with Crippen LogP contribution < -0.4 is 4.72 Å². The van der Waals surface area contributed by atoms with Crippen molar-refractivity contribution in [1.82, 2.24) is 9.71 Å². The maximum Gasteiger partial charge on any atom is 0.252 e. The van der Waals surface area contributed by atoms with E-state index in [9.17, 15) is 13.5 Å². The topological polar surface area (TPSA) is 79.3 Å². The van der Waals surface area contributed by atoms with Crippen LogP contribution >= 0.6 is 22.9 Å². The zero-order valence-corrected chi connectivity index (χ0v) is 11.6. The lowest BCUT2D eigenvalue weighted by molar-refractivity contribution is -0.0270. The first-order valence-corrected chi connectivity index (χ1v) is 7.85.